The number of hydrogen-bond acceptors (Lipinski definition) is 6. The molecule has 0 aliphatic rings. The van der Waals surface area contributed by atoms with Crippen LogP contribution in [0.1, 0.15) is 33.5 Å². The van der Waals surface area contributed by atoms with Crippen LogP contribution in [0.25, 0.3) is 6.08 Å². The molecule has 0 saturated heterocycles. The number of nitrogens with one attached hydrogen (secondary N) is 1. The topological polar surface area (TPSA) is 73.9 Å². The fourth-order valence-electron chi connectivity index (χ4n) is 3.16. The van der Waals surface area contributed by atoms with Gasteiger partial charge < -0.3 is 19.5 Å². The minimum absolute atomic E-state index is 0.0552. The smallest absolute Gasteiger partial charge is 0.262 e. The Labute approximate surface area is 211 Å². The van der Waals surface area contributed by atoms with Crippen molar-refractivity contribution in [3.8, 4) is 17.2 Å². The third kappa shape index (κ3) is 6.71. The molecule has 1 heterocycles. The summed E-state index contributed by atoms with van der Waals surface area (Å²) in [6, 6.07) is 14.3. The molecule has 1 amide bonds. The fraction of sp³-hybridized carbons (Fsp3) is 0.231. The Balaban J connectivity index is 1.63. The van der Waals surface area contributed by atoms with Crippen LogP contribution in [0.3, 0.4) is 0 Å². The molecule has 0 spiro atoms. The van der Waals surface area contributed by atoms with Crippen molar-refractivity contribution in [2.75, 3.05) is 26.1 Å². The zero-order valence-corrected chi connectivity index (χ0v) is 21.6. The summed E-state index contributed by atoms with van der Waals surface area (Å²) in [4.78, 5) is 26.8. The first kappa shape index (κ1) is 25.5. The summed E-state index contributed by atoms with van der Waals surface area (Å²) in [6.45, 7) is 1.91. The summed E-state index contributed by atoms with van der Waals surface area (Å²) in [7, 11) is 3.06. The number of halogens is 1. The summed E-state index contributed by atoms with van der Waals surface area (Å²) in [5.41, 5.74) is 1.34. The summed E-state index contributed by atoms with van der Waals surface area (Å²) >= 11 is 5.04. The van der Waals surface area contributed by atoms with E-state index in [9.17, 15) is 9.59 Å². The lowest BCUT2D eigenvalue weighted by Gasteiger charge is -2.13. The second-order valence-electron chi connectivity index (χ2n) is 7.28. The highest BCUT2D eigenvalue weighted by Crippen LogP contribution is 2.31. The van der Waals surface area contributed by atoms with Gasteiger partial charge in [0.2, 0.25) is 0 Å². The lowest BCUT2D eigenvalue weighted by Crippen LogP contribution is -2.20. The zero-order chi connectivity index (χ0) is 24.5. The van der Waals surface area contributed by atoms with Gasteiger partial charge in [0, 0.05) is 9.35 Å². The second kappa shape index (κ2) is 12.4. The van der Waals surface area contributed by atoms with Gasteiger partial charge in [-0.2, -0.15) is 0 Å². The molecule has 8 heteroatoms. The van der Waals surface area contributed by atoms with Crippen molar-refractivity contribution in [1.82, 2.24) is 0 Å². The van der Waals surface area contributed by atoms with Crippen molar-refractivity contribution >= 4 is 50.7 Å². The Hall–Kier alpha value is -3.10. The zero-order valence-electron chi connectivity index (χ0n) is 19.2. The number of carbonyl (C=O) groups is 2. The van der Waals surface area contributed by atoms with Crippen LogP contribution in [0.15, 0.2) is 59.1 Å². The van der Waals surface area contributed by atoms with Crippen LogP contribution < -0.4 is 19.5 Å². The van der Waals surface area contributed by atoms with E-state index in [1.54, 1.807) is 55.7 Å². The molecule has 34 heavy (non-hydrogen) atoms. The molecule has 0 unspecified atom stereocenters. The Bertz CT molecular complexity index is 1190. The lowest BCUT2D eigenvalue weighted by atomic mass is 10.1. The molecular weight excluding hydrogens is 518 g/mol. The van der Waals surface area contributed by atoms with Crippen LogP contribution >= 0.6 is 27.3 Å². The summed E-state index contributed by atoms with van der Waals surface area (Å²) in [5, 5.41) is 2.76. The van der Waals surface area contributed by atoms with E-state index in [1.807, 2.05) is 12.1 Å². The number of ether oxygens (including phenoxy) is 3. The standard InChI is InChI=1S/C26H26BrNO5S/c1-4-7-24-18(27)15-25(34-24)20(29)12-10-17-11-13-22(23(14-17)32-3)33-16-26(30)28-19-8-5-6-9-21(19)31-2/h5-6,8-15H,4,7,16H2,1-3H3,(H,28,30)/b12-10+. The SMILES string of the molecule is CCCc1sc(C(=O)/C=C/c2ccc(OCC(=O)Nc3ccccc3OC)c(OC)c2)cc1Br. The molecule has 3 rings (SSSR count). The van der Waals surface area contributed by atoms with Crippen molar-refractivity contribution in [1.29, 1.82) is 0 Å². The molecule has 0 radical (unpaired) electrons. The van der Waals surface area contributed by atoms with Crippen LogP contribution in [0, 0.1) is 0 Å². The van der Waals surface area contributed by atoms with Gasteiger partial charge in [0.25, 0.3) is 5.91 Å². The number of methoxy groups -OCH3 is 2. The highest BCUT2D eigenvalue weighted by Gasteiger charge is 2.12. The van der Waals surface area contributed by atoms with Gasteiger partial charge in [-0.25, -0.2) is 0 Å². The molecule has 3 aromatic rings. The van der Waals surface area contributed by atoms with Crippen molar-refractivity contribution in [2.24, 2.45) is 0 Å². The second-order valence-corrected chi connectivity index (χ2v) is 9.27. The number of allylic oxidation sites excluding steroid dienone is 1. The minimum atomic E-state index is -0.328. The van der Waals surface area contributed by atoms with E-state index in [4.69, 9.17) is 14.2 Å². The Morgan fingerprint density at radius 3 is 2.53 bits per heavy atom. The number of anilines is 1. The first-order valence-electron chi connectivity index (χ1n) is 10.7. The predicted molar refractivity (Wildman–Crippen MR) is 139 cm³/mol. The van der Waals surface area contributed by atoms with E-state index in [2.05, 4.69) is 28.2 Å². The van der Waals surface area contributed by atoms with Crippen LogP contribution in [0.4, 0.5) is 5.69 Å². The number of aryl methyl sites for hydroxylation is 1. The van der Waals surface area contributed by atoms with Crippen LogP contribution in [0.2, 0.25) is 0 Å². The van der Waals surface area contributed by atoms with Crippen molar-refractivity contribution in [2.45, 2.75) is 19.8 Å². The number of ketones is 1. The lowest BCUT2D eigenvalue weighted by molar-refractivity contribution is -0.118. The molecule has 0 aliphatic carbocycles. The van der Waals surface area contributed by atoms with Crippen LogP contribution in [0.5, 0.6) is 17.2 Å². The third-order valence-corrected chi connectivity index (χ3v) is 7.01. The first-order chi connectivity index (χ1) is 16.4. The van der Waals surface area contributed by atoms with Gasteiger partial charge >= 0.3 is 0 Å². The van der Waals surface area contributed by atoms with Gasteiger partial charge in [-0.05, 0) is 64.3 Å². The number of carbonyl (C=O) groups excluding carboxylic acids is 2. The largest absolute Gasteiger partial charge is 0.495 e. The molecule has 6 nitrogen and oxygen atoms in total. The Morgan fingerprint density at radius 2 is 1.79 bits per heavy atom. The van der Waals surface area contributed by atoms with E-state index in [-0.39, 0.29) is 18.3 Å². The average Bonchev–Trinajstić information content (AvgIpc) is 3.22. The maximum absolute atomic E-state index is 12.6. The highest BCUT2D eigenvalue weighted by molar-refractivity contribution is 9.10. The van der Waals surface area contributed by atoms with Crippen molar-refractivity contribution in [3.63, 3.8) is 0 Å². The monoisotopic (exact) mass is 543 g/mol. The van der Waals surface area contributed by atoms with Gasteiger partial charge in [0.15, 0.2) is 23.9 Å². The average molecular weight is 544 g/mol. The number of thiophene rings is 1. The molecule has 0 fully saturated rings. The molecule has 0 bridgehead atoms. The number of hydrogen-bond donors (Lipinski definition) is 1. The van der Waals surface area contributed by atoms with E-state index < -0.39 is 0 Å². The van der Waals surface area contributed by atoms with E-state index in [0.29, 0.717) is 27.8 Å². The van der Waals surface area contributed by atoms with Crippen LogP contribution in [-0.2, 0) is 11.2 Å². The molecule has 1 aromatic heterocycles. The summed E-state index contributed by atoms with van der Waals surface area (Å²) < 4.78 is 17.3. The molecule has 0 atom stereocenters. The molecule has 0 aliphatic heterocycles. The molecular formula is C26H26BrNO5S. The van der Waals surface area contributed by atoms with E-state index >= 15 is 0 Å². The Morgan fingerprint density at radius 1 is 1.03 bits per heavy atom. The molecule has 1 N–H and O–H groups in total. The van der Waals surface area contributed by atoms with Gasteiger partial charge in [-0.15, -0.1) is 11.3 Å². The molecule has 178 valence electrons. The van der Waals surface area contributed by atoms with Gasteiger partial charge in [0.1, 0.15) is 5.75 Å². The maximum Gasteiger partial charge on any atom is 0.262 e. The van der Waals surface area contributed by atoms with Crippen LogP contribution in [-0.4, -0.2) is 32.5 Å². The van der Waals surface area contributed by atoms with Gasteiger partial charge in [-0.3, -0.25) is 9.59 Å². The fourth-order valence-corrected chi connectivity index (χ4v) is 5.06. The highest BCUT2D eigenvalue weighted by atomic mass is 79.9. The molecule has 2 aromatic carbocycles. The van der Waals surface area contributed by atoms with Crippen molar-refractivity contribution in [3.05, 3.63) is 74.4 Å². The van der Waals surface area contributed by atoms with Gasteiger partial charge in [0.05, 0.1) is 24.8 Å². The summed E-state index contributed by atoms with van der Waals surface area (Å²) in [5.74, 6) is 1.07. The molecule has 0 saturated carbocycles. The minimum Gasteiger partial charge on any atom is -0.495 e. The van der Waals surface area contributed by atoms with E-state index in [0.717, 1.165) is 22.9 Å². The Kier molecular flexibility index (Phi) is 9.30. The summed E-state index contributed by atoms with van der Waals surface area (Å²) in [6.07, 6.45) is 5.25. The number of benzene rings is 2. The normalized spacial score (nSPS) is 10.8. The number of rotatable bonds is 11. The van der Waals surface area contributed by atoms with Gasteiger partial charge in [-0.1, -0.05) is 37.6 Å². The van der Waals surface area contributed by atoms with E-state index in [1.165, 1.54) is 23.3 Å². The predicted octanol–water partition coefficient (Wildman–Crippen LogP) is 6.39. The number of para-hydroxylation sites is 2. The first-order valence-corrected chi connectivity index (χ1v) is 12.3. The quantitative estimate of drug-likeness (QED) is 0.224. The number of amides is 1. The van der Waals surface area contributed by atoms with Crippen molar-refractivity contribution < 1.29 is 23.8 Å². The third-order valence-electron chi connectivity index (χ3n) is 4.83. The maximum atomic E-state index is 12.6.